The van der Waals surface area contributed by atoms with Crippen molar-refractivity contribution in [3.8, 4) is 0 Å². The number of hydrogen-bond acceptors (Lipinski definition) is 2. The summed E-state index contributed by atoms with van der Waals surface area (Å²) in [5, 5.41) is 11.9. The van der Waals surface area contributed by atoms with Crippen LogP contribution in [0.3, 0.4) is 0 Å². The summed E-state index contributed by atoms with van der Waals surface area (Å²) in [7, 11) is 0. The molecule has 114 valence electrons. The van der Waals surface area contributed by atoms with E-state index in [4.69, 9.17) is 0 Å². The van der Waals surface area contributed by atoms with Gasteiger partial charge in [0, 0.05) is 6.54 Å². The topological polar surface area (TPSA) is 66.4 Å². The summed E-state index contributed by atoms with van der Waals surface area (Å²) in [5.74, 6) is -2.44. The van der Waals surface area contributed by atoms with Crippen molar-refractivity contribution in [1.82, 2.24) is 5.32 Å². The van der Waals surface area contributed by atoms with Crippen LogP contribution in [0.5, 0.6) is 0 Å². The summed E-state index contributed by atoms with van der Waals surface area (Å²) in [6, 6.07) is 14.4. The Morgan fingerprint density at radius 2 is 1.68 bits per heavy atom. The highest BCUT2D eigenvalue weighted by Gasteiger charge is 2.20. The fourth-order valence-corrected chi connectivity index (χ4v) is 2.10. The van der Waals surface area contributed by atoms with Gasteiger partial charge in [-0.3, -0.25) is 9.59 Å². The molecule has 0 heterocycles. The first-order chi connectivity index (χ1) is 10.6. The fourth-order valence-electron chi connectivity index (χ4n) is 2.10. The van der Waals surface area contributed by atoms with Crippen molar-refractivity contribution >= 4 is 11.9 Å². The Labute approximate surface area is 127 Å². The maximum absolute atomic E-state index is 12.8. The minimum Gasteiger partial charge on any atom is -0.481 e. The molecule has 4 nitrogen and oxygen atoms in total. The van der Waals surface area contributed by atoms with E-state index in [1.807, 2.05) is 0 Å². The molecule has 0 spiro atoms. The van der Waals surface area contributed by atoms with Crippen molar-refractivity contribution in [1.29, 1.82) is 0 Å². The van der Waals surface area contributed by atoms with Crippen LogP contribution in [0, 0.1) is 5.82 Å². The lowest BCUT2D eigenvalue weighted by molar-refractivity contribution is -0.138. The second-order valence-electron chi connectivity index (χ2n) is 4.91. The van der Waals surface area contributed by atoms with Crippen molar-refractivity contribution in [2.24, 2.45) is 0 Å². The molecule has 0 radical (unpaired) electrons. The van der Waals surface area contributed by atoms with E-state index < -0.39 is 11.9 Å². The molecule has 0 aromatic heterocycles. The van der Waals surface area contributed by atoms with Crippen molar-refractivity contribution in [3.05, 3.63) is 71.5 Å². The minimum absolute atomic E-state index is 0.0133. The second-order valence-corrected chi connectivity index (χ2v) is 4.91. The Hall–Kier alpha value is -2.69. The first kappa shape index (κ1) is 15.7. The van der Waals surface area contributed by atoms with Crippen LogP contribution in [0.25, 0.3) is 0 Å². The highest BCUT2D eigenvalue weighted by Crippen LogP contribution is 2.14. The molecule has 0 unspecified atom stereocenters. The van der Waals surface area contributed by atoms with Gasteiger partial charge in [0.25, 0.3) is 0 Å². The SMILES string of the molecule is O=C(Cc1ccc(F)cc1)NC[C@@H](C(=O)O)c1ccccc1. The summed E-state index contributed by atoms with van der Waals surface area (Å²) in [4.78, 5) is 23.2. The van der Waals surface area contributed by atoms with E-state index in [0.717, 1.165) is 0 Å². The van der Waals surface area contributed by atoms with Gasteiger partial charge < -0.3 is 10.4 Å². The number of carboxylic acids is 1. The molecule has 0 fully saturated rings. The van der Waals surface area contributed by atoms with Gasteiger partial charge in [0.15, 0.2) is 0 Å². The van der Waals surface area contributed by atoms with Gasteiger partial charge in [0.05, 0.1) is 12.3 Å². The number of halogens is 1. The number of amides is 1. The quantitative estimate of drug-likeness (QED) is 0.860. The average molecular weight is 301 g/mol. The first-order valence-corrected chi connectivity index (χ1v) is 6.85. The van der Waals surface area contributed by atoms with Gasteiger partial charge in [-0.2, -0.15) is 0 Å². The van der Waals surface area contributed by atoms with Gasteiger partial charge in [0.1, 0.15) is 5.82 Å². The Bertz CT molecular complexity index is 641. The second kappa shape index (κ2) is 7.36. The number of rotatable bonds is 6. The summed E-state index contributed by atoms with van der Waals surface area (Å²) < 4.78 is 12.8. The molecule has 1 atom stereocenters. The highest BCUT2D eigenvalue weighted by molar-refractivity contribution is 5.81. The monoisotopic (exact) mass is 301 g/mol. The fraction of sp³-hybridized carbons (Fsp3) is 0.176. The van der Waals surface area contributed by atoms with Gasteiger partial charge in [-0.15, -0.1) is 0 Å². The lowest BCUT2D eigenvalue weighted by Crippen LogP contribution is -2.32. The van der Waals surface area contributed by atoms with Crippen LogP contribution in [0.1, 0.15) is 17.0 Å². The summed E-state index contributed by atoms with van der Waals surface area (Å²) in [5.41, 5.74) is 1.31. The van der Waals surface area contributed by atoms with Crippen molar-refractivity contribution < 1.29 is 19.1 Å². The van der Waals surface area contributed by atoms with Crippen LogP contribution in [0.2, 0.25) is 0 Å². The molecule has 5 heteroatoms. The molecule has 1 amide bonds. The van der Waals surface area contributed by atoms with Crippen LogP contribution >= 0.6 is 0 Å². The lowest BCUT2D eigenvalue weighted by atomic mass is 9.99. The van der Waals surface area contributed by atoms with E-state index in [-0.39, 0.29) is 24.7 Å². The highest BCUT2D eigenvalue weighted by atomic mass is 19.1. The molecule has 0 saturated carbocycles. The minimum atomic E-state index is -0.992. The van der Waals surface area contributed by atoms with E-state index in [9.17, 15) is 19.1 Å². The van der Waals surface area contributed by atoms with Crippen molar-refractivity contribution in [2.45, 2.75) is 12.3 Å². The molecule has 2 rings (SSSR count). The van der Waals surface area contributed by atoms with Gasteiger partial charge >= 0.3 is 5.97 Å². The maximum atomic E-state index is 12.8. The summed E-state index contributed by atoms with van der Waals surface area (Å²) in [6.07, 6.45) is 0.0847. The molecular weight excluding hydrogens is 285 g/mol. The van der Waals surface area contributed by atoms with Crippen LogP contribution in [-0.4, -0.2) is 23.5 Å². The van der Waals surface area contributed by atoms with E-state index in [1.165, 1.54) is 24.3 Å². The molecule has 0 bridgehead atoms. The van der Waals surface area contributed by atoms with Crippen LogP contribution < -0.4 is 5.32 Å². The number of carbonyl (C=O) groups is 2. The van der Waals surface area contributed by atoms with Crippen molar-refractivity contribution in [2.75, 3.05) is 6.54 Å². The molecule has 2 aromatic carbocycles. The summed E-state index contributed by atoms with van der Waals surface area (Å²) in [6.45, 7) is 0.0133. The Balaban J connectivity index is 1.93. The van der Waals surface area contributed by atoms with Crippen LogP contribution in [-0.2, 0) is 16.0 Å². The maximum Gasteiger partial charge on any atom is 0.312 e. The Kier molecular flexibility index (Phi) is 5.25. The molecule has 2 N–H and O–H groups in total. The zero-order chi connectivity index (χ0) is 15.9. The molecule has 0 aliphatic rings. The molecule has 2 aromatic rings. The number of nitrogens with one attached hydrogen (secondary N) is 1. The van der Waals surface area contributed by atoms with Gasteiger partial charge in [0.2, 0.25) is 5.91 Å². The molecule has 0 aliphatic carbocycles. The zero-order valence-electron chi connectivity index (χ0n) is 11.8. The third kappa shape index (κ3) is 4.41. The van der Waals surface area contributed by atoms with E-state index >= 15 is 0 Å². The lowest BCUT2D eigenvalue weighted by Gasteiger charge is -2.13. The molecular formula is C17H16FNO3. The predicted octanol–water partition coefficient (Wildman–Crippen LogP) is 2.35. The third-order valence-corrected chi connectivity index (χ3v) is 3.28. The Morgan fingerprint density at radius 3 is 2.27 bits per heavy atom. The van der Waals surface area contributed by atoms with Gasteiger partial charge in [-0.05, 0) is 23.3 Å². The molecule has 0 aliphatic heterocycles. The summed E-state index contributed by atoms with van der Waals surface area (Å²) >= 11 is 0. The number of hydrogen-bond donors (Lipinski definition) is 2. The third-order valence-electron chi connectivity index (χ3n) is 3.28. The van der Waals surface area contributed by atoms with E-state index in [1.54, 1.807) is 30.3 Å². The smallest absolute Gasteiger partial charge is 0.312 e. The average Bonchev–Trinajstić information content (AvgIpc) is 2.50. The first-order valence-electron chi connectivity index (χ1n) is 6.85. The number of benzene rings is 2. The van der Waals surface area contributed by atoms with Gasteiger partial charge in [-0.1, -0.05) is 42.5 Å². The Morgan fingerprint density at radius 1 is 1.05 bits per heavy atom. The largest absolute Gasteiger partial charge is 0.481 e. The molecule has 22 heavy (non-hydrogen) atoms. The van der Waals surface area contributed by atoms with Crippen LogP contribution in [0.15, 0.2) is 54.6 Å². The molecule has 0 saturated heterocycles. The van der Waals surface area contributed by atoms with E-state index in [0.29, 0.717) is 11.1 Å². The number of carbonyl (C=O) groups excluding carboxylic acids is 1. The standard InChI is InChI=1S/C17H16FNO3/c18-14-8-6-12(7-9-14)10-16(20)19-11-15(17(21)22)13-4-2-1-3-5-13/h1-9,15H,10-11H2,(H,19,20)(H,21,22)/t15-/m1/s1. The van der Waals surface area contributed by atoms with Crippen molar-refractivity contribution in [3.63, 3.8) is 0 Å². The van der Waals surface area contributed by atoms with Crippen LogP contribution in [0.4, 0.5) is 4.39 Å². The normalized spacial score (nSPS) is 11.7. The van der Waals surface area contributed by atoms with E-state index in [2.05, 4.69) is 5.32 Å². The zero-order valence-corrected chi connectivity index (χ0v) is 11.8. The number of carboxylic acid groups (broad SMARTS) is 1. The van der Waals surface area contributed by atoms with Gasteiger partial charge in [-0.25, -0.2) is 4.39 Å². The number of aliphatic carboxylic acids is 1. The predicted molar refractivity (Wildman–Crippen MR) is 79.9 cm³/mol.